The van der Waals surface area contributed by atoms with Crippen LogP contribution in [0.5, 0.6) is 0 Å². The summed E-state index contributed by atoms with van der Waals surface area (Å²) in [6.07, 6.45) is 2.84. The molecule has 1 saturated heterocycles. The van der Waals surface area contributed by atoms with Gasteiger partial charge >= 0.3 is 6.03 Å². The third-order valence-corrected chi connectivity index (χ3v) is 4.60. The maximum absolute atomic E-state index is 12.9. The van der Waals surface area contributed by atoms with Crippen molar-refractivity contribution in [3.63, 3.8) is 0 Å². The summed E-state index contributed by atoms with van der Waals surface area (Å²) in [7, 11) is 0. The number of rotatable bonds is 6. The number of aliphatic hydroxyl groups is 1. The second-order valence-corrected chi connectivity index (χ2v) is 6.99. The molecule has 1 aliphatic rings. The van der Waals surface area contributed by atoms with E-state index in [1.165, 1.54) is 43.5 Å². The first-order valence-electron chi connectivity index (χ1n) is 8.59. The molecule has 1 aliphatic heterocycles. The van der Waals surface area contributed by atoms with E-state index < -0.39 is 6.10 Å². The monoisotopic (exact) mass is 337 g/mol. The number of halogens is 1. The van der Waals surface area contributed by atoms with E-state index in [9.17, 15) is 14.3 Å². The molecule has 0 bridgehead atoms. The van der Waals surface area contributed by atoms with Crippen LogP contribution in [0.15, 0.2) is 24.3 Å². The van der Waals surface area contributed by atoms with Crippen LogP contribution < -0.4 is 10.6 Å². The zero-order chi connectivity index (χ0) is 17.6. The number of urea groups is 1. The molecule has 3 N–H and O–H groups in total. The van der Waals surface area contributed by atoms with E-state index in [4.69, 9.17) is 0 Å². The Balaban J connectivity index is 1.73. The van der Waals surface area contributed by atoms with Crippen LogP contribution in [0.25, 0.3) is 0 Å². The van der Waals surface area contributed by atoms with Crippen molar-refractivity contribution < 1.29 is 14.3 Å². The highest BCUT2D eigenvalue weighted by Crippen LogP contribution is 2.19. The second kappa shape index (κ2) is 8.44. The Morgan fingerprint density at radius 1 is 1.21 bits per heavy atom. The lowest BCUT2D eigenvalue weighted by Crippen LogP contribution is -2.54. The molecule has 1 aromatic carbocycles. The van der Waals surface area contributed by atoms with Gasteiger partial charge in [-0.05, 0) is 57.5 Å². The predicted octanol–water partition coefficient (Wildman–Crippen LogP) is 2.42. The van der Waals surface area contributed by atoms with E-state index in [-0.39, 0.29) is 23.9 Å². The van der Waals surface area contributed by atoms with Crippen LogP contribution in [0, 0.1) is 5.82 Å². The molecule has 1 fully saturated rings. The SMILES string of the molecule is CC(C)(CNC(=O)NCC(O)c1ccc(F)cc1)N1CCCCC1. The largest absolute Gasteiger partial charge is 0.387 e. The summed E-state index contributed by atoms with van der Waals surface area (Å²) in [5.74, 6) is -0.350. The van der Waals surface area contributed by atoms with Crippen LogP contribution in [0.3, 0.4) is 0 Å². The fourth-order valence-electron chi connectivity index (χ4n) is 2.96. The van der Waals surface area contributed by atoms with Gasteiger partial charge in [0, 0.05) is 18.6 Å². The number of hydrogen-bond acceptors (Lipinski definition) is 3. The minimum absolute atomic E-state index is 0.0849. The van der Waals surface area contributed by atoms with Gasteiger partial charge in [-0.25, -0.2) is 9.18 Å². The first kappa shape index (κ1) is 18.7. The first-order valence-corrected chi connectivity index (χ1v) is 8.59. The molecule has 1 unspecified atom stereocenters. The van der Waals surface area contributed by atoms with Crippen molar-refractivity contribution in [1.29, 1.82) is 0 Å². The molecule has 0 aromatic heterocycles. The smallest absolute Gasteiger partial charge is 0.314 e. The van der Waals surface area contributed by atoms with Crippen LogP contribution in [0.4, 0.5) is 9.18 Å². The third-order valence-electron chi connectivity index (χ3n) is 4.60. The molecule has 2 rings (SSSR count). The average molecular weight is 337 g/mol. The number of piperidine rings is 1. The second-order valence-electron chi connectivity index (χ2n) is 6.99. The Morgan fingerprint density at radius 3 is 2.46 bits per heavy atom. The van der Waals surface area contributed by atoms with Crippen molar-refractivity contribution in [2.75, 3.05) is 26.2 Å². The van der Waals surface area contributed by atoms with Gasteiger partial charge in [0.15, 0.2) is 0 Å². The molecule has 2 amide bonds. The minimum Gasteiger partial charge on any atom is -0.387 e. The van der Waals surface area contributed by atoms with E-state index in [0.29, 0.717) is 12.1 Å². The van der Waals surface area contributed by atoms with Gasteiger partial charge in [-0.1, -0.05) is 18.6 Å². The topological polar surface area (TPSA) is 64.6 Å². The summed E-state index contributed by atoms with van der Waals surface area (Å²) in [6.45, 7) is 7.03. The molecule has 1 heterocycles. The van der Waals surface area contributed by atoms with E-state index in [0.717, 1.165) is 13.1 Å². The van der Waals surface area contributed by atoms with Gasteiger partial charge in [-0.15, -0.1) is 0 Å². The number of carbonyl (C=O) groups is 1. The number of benzene rings is 1. The van der Waals surface area contributed by atoms with E-state index >= 15 is 0 Å². The van der Waals surface area contributed by atoms with Gasteiger partial charge in [0.1, 0.15) is 5.82 Å². The number of amides is 2. The fraction of sp³-hybridized carbons (Fsp3) is 0.611. The zero-order valence-electron chi connectivity index (χ0n) is 14.5. The normalized spacial score (nSPS) is 17.3. The molecule has 0 radical (unpaired) electrons. The molecule has 1 aromatic rings. The Labute approximate surface area is 143 Å². The molecule has 134 valence electrons. The van der Waals surface area contributed by atoms with Gasteiger partial charge in [0.05, 0.1) is 6.10 Å². The molecule has 24 heavy (non-hydrogen) atoms. The molecule has 0 spiro atoms. The van der Waals surface area contributed by atoms with Crippen molar-refractivity contribution >= 4 is 6.03 Å². The Bertz CT molecular complexity index is 528. The lowest BCUT2D eigenvalue weighted by Gasteiger charge is -2.41. The fourth-order valence-corrected chi connectivity index (χ4v) is 2.96. The van der Waals surface area contributed by atoms with E-state index in [1.54, 1.807) is 0 Å². The van der Waals surface area contributed by atoms with Gasteiger partial charge in [0.25, 0.3) is 0 Å². The molecule has 5 nitrogen and oxygen atoms in total. The van der Waals surface area contributed by atoms with Crippen LogP contribution >= 0.6 is 0 Å². The molecular formula is C18H28FN3O2. The van der Waals surface area contributed by atoms with Crippen molar-refractivity contribution in [2.24, 2.45) is 0 Å². The van der Waals surface area contributed by atoms with Crippen LogP contribution in [-0.4, -0.2) is 47.8 Å². The van der Waals surface area contributed by atoms with Crippen LogP contribution in [0.2, 0.25) is 0 Å². The maximum atomic E-state index is 12.9. The van der Waals surface area contributed by atoms with Crippen LogP contribution in [-0.2, 0) is 0 Å². The zero-order valence-corrected chi connectivity index (χ0v) is 14.5. The summed E-state index contributed by atoms with van der Waals surface area (Å²) in [5.41, 5.74) is 0.484. The predicted molar refractivity (Wildman–Crippen MR) is 92.3 cm³/mol. The molecule has 0 saturated carbocycles. The summed E-state index contributed by atoms with van der Waals surface area (Å²) in [4.78, 5) is 14.4. The number of likely N-dealkylation sites (tertiary alicyclic amines) is 1. The Morgan fingerprint density at radius 2 is 1.83 bits per heavy atom. The molecule has 0 aliphatic carbocycles. The van der Waals surface area contributed by atoms with E-state index in [1.807, 2.05) is 0 Å². The maximum Gasteiger partial charge on any atom is 0.314 e. The Hall–Kier alpha value is -1.66. The molecule has 1 atom stereocenters. The van der Waals surface area contributed by atoms with Crippen molar-refractivity contribution in [3.05, 3.63) is 35.6 Å². The first-order chi connectivity index (χ1) is 11.4. The van der Waals surface area contributed by atoms with Crippen molar-refractivity contribution in [3.8, 4) is 0 Å². The highest BCUT2D eigenvalue weighted by molar-refractivity contribution is 5.73. The lowest BCUT2D eigenvalue weighted by atomic mass is 9.98. The average Bonchev–Trinajstić information content (AvgIpc) is 2.59. The standard InChI is InChI=1S/C18H28FN3O2/c1-18(2,22-10-4-3-5-11-22)13-21-17(24)20-12-16(23)14-6-8-15(19)9-7-14/h6-9,16,23H,3-5,10-13H2,1-2H3,(H2,20,21,24). The quantitative estimate of drug-likeness (QED) is 0.747. The van der Waals surface area contributed by atoms with E-state index in [2.05, 4.69) is 29.4 Å². The number of hydrogen-bond donors (Lipinski definition) is 3. The lowest BCUT2D eigenvalue weighted by molar-refractivity contribution is 0.0957. The Kier molecular flexibility index (Phi) is 6.57. The number of carbonyl (C=O) groups excluding carboxylic acids is 1. The summed E-state index contributed by atoms with van der Waals surface area (Å²) in [5, 5.41) is 15.6. The van der Waals surface area contributed by atoms with Crippen molar-refractivity contribution in [2.45, 2.75) is 44.8 Å². The molecule has 6 heteroatoms. The minimum atomic E-state index is -0.855. The number of aliphatic hydroxyl groups excluding tert-OH is 1. The number of nitrogens with zero attached hydrogens (tertiary/aromatic N) is 1. The van der Waals surface area contributed by atoms with Gasteiger partial charge in [-0.2, -0.15) is 0 Å². The van der Waals surface area contributed by atoms with Crippen molar-refractivity contribution in [1.82, 2.24) is 15.5 Å². The summed E-state index contributed by atoms with van der Waals surface area (Å²) < 4.78 is 12.9. The van der Waals surface area contributed by atoms with Gasteiger partial charge in [0.2, 0.25) is 0 Å². The van der Waals surface area contributed by atoms with Gasteiger partial charge < -0.3 is 15.7 Å². The van der Waals surface area contributed by atoms with Gasteiger partial charge in [-0.3, -0.25) is 4.90 Å². The van der Waals surface area contributed by atoms with Crippen LogP contribution in [0.1, 0.15) is 44.8 Å². The molecular weight excluding hydrogens is 309 g/mol. The number of nitrogens with one attached hydrogen (secondary N) is 2. The summed E-state index contributed by atoms with van der Waals surface area (Å²) in [6, 6.07) is 5.30. The highest BCUT2D eigenvalue weighted by Gasteiger charge is 2.28. The highest BCUT2D eigenvalue weighted by atomic mass is 19.1. The third kappa shape index (κ3) is 5.46. The summed E-state index contributed by atoms with van der Waals surface area (Å²) >= 11 is 0.